The van der Waals surface area contributed by atoms with Crippen LogP contribution in [-0.2, 0) is 0 Å². The summed E-state index contributed by atoms with van der Waals surface area (Å²) in [6.45, 7) is 6.05. The maximum absolute atomic E-state index is 12.7. The van der Waals surface area contributed by atoms with E-state index in [1.807, 2.05) is 20.8 Å². The molecule has 2 heteroatoms. The molecule has 0 nitrogen and oxygen atoms in total. The Hall–Kier alpha value is -0.140. The fourth-order valence-electron chi connectivity index (χ4n) is 1.56. The zero-order chi connectivity index (χ0) is 8.70. The van der Waals surface area contributed by atoms with E-state index in [-0.39, 0.29) is 17.8 Å². The van der Waals surface area contributed by atoms with Crippen LogP contribution in [-0.4, -0.2) is 5.92 Å². The highest BCUT2D eigenvalue weighted by Gasteiger charge is 2.48. The van der Waals surface area contributed by atoms with Crippen LogP contribution in [0.15, 0.2) is 0 Å². The minimum Gasteiger partial charge on any atom is -0.207 e. The zero-order valence-corrected chi connectivity index (χ0v) is 7.45. The van der Waals surface area contributed by atoms with Crippen LogP contribution in [0.1, 0.15) is 40.0 Å². The molecule has 1 unspecified atom stereocenters. The van der Waals surface area contributed by atoms with Crippen LogP contribution in [0.5, 0.6) is 0 Å². The molecular weight excluding hydrogens is 146 g/mol. The molecule has 11 heavy (non-hydrogen) atoms. The molecule has 66 valence electrons. The third-order valence-electron chi connectivity index (χ3n) is 2.28. The van der Waals surface area contributed by atoms with Crippen molar-refractivity contribution in [2.45, 2.75) is 46.0 Å². The second kappa shape index (κ2) is 2.43. The van der Waals surface area contributed by atoms with E-state index in [0.717, 1.165) is 0 Å². The van der Waals surface area contributed by atoms with Crippen molar-refractivity contribution < 1.29 is 8.78 Å². The van der Waals surface area contributed by atoms with E-state index in [4.69, 9.17) is 0 Å². The summed E-state index contributed by atoms with van der Waals surface area (Å²) in [6.07, 6.45) is 1.47. The Morgan fingerprint density at radius 2 is 1.91 bits per heavy atom. The lowest BCUT2D eigenvalue weighted by atomic mass is 9.71. The average Bonchev–Trinajstić information content (AvgIpc) is 1.79. The van der Waals surface area contributed by atoms with Crippen LogP contribution in [0.3, 0.4) is 0 Å². The van der Waals surface area contributed by atoms with Crippen molar-refractivity contribution in [2.24, 2.45) is 11.3 Å². The summed E-state index contributed by atoms with van der Waals surface area (Å²) in [5.74, 6) is -2.70. The molecule has 0 aromatic heterocycles. The molecule has 0 aliphatic heterocycles. The standard InChI is InChI=1S/C9H16F2/c1-8(2,3)6-7-4-5-9(7,10)11/h7H,4-6H2,1-3H3. The highest BCUT2D eigenvalue weighted by Crippen LogP contribution is 2.48. The van der Waals surface area contributed by atoms with E-state index in [2.05, 4.69) is 0 Å². The lowest BCUT2D eigenvalue weighted by Gasteiger charge is -2.39. The fraction of sp³-hybridized carbons (Fsp3) is 1.00. The van der Waals surface area contributed by atoms with E-state index in [0.29, 0.717) is 12.8 Å². The second-order valence-corrected chi connectivity index (χ2v) is 4.76. The van der Waals surface area contributed by atoms with Gasteiger partial charge in [-0.2, -0.15) is 0 Å². The van der Waals surface area contributed by atoms with Crippen molar-refractivity contribution in [1.29, 1.82) is 0 Å². The summed E-state index contributed by atoms with van der Waals surface area (Å²) in [7, 11) is 0. The minimum atomic E-state index is -2.35. The number of rotatable bonds is 1. The Morgan fingerprint density at radius 1 is 1.36 bits per heavy atom. The molecule has 0 aromatic rings. The Bertz CT molecular complexity index is 144. The van der Waals surface area contributed by atoms with E-state index >= 15 is 0 Å². The molecule has 1 rings (SSSR count). The van der Waals surface area contributed by atoms with Gasteiger partial charge in [-0.1, -0.05) is 20.8 Å². The molecule has 0 aromatic carbocycles. The third-order valence-corrected chi connectivity index (χ3v) is 2.28. The molecule has 1 fully saturated rings. The van der Waals surface area contributed by atoms with Gasteiger partial charge in [0.1, 0.15) is 0 Å². The van der Waals surface area contributed by atoms with Crippen LogP contribution in [0.4, 0.5) is 8.78 Å². The molecule has 0 radical (unpaired) electrons. The Balaban J connectivity index is 2.40. The first-order valence-corrected chi connectivity index (χ1v) is 4.19. The summed E-state index contributed by atoms with van der Waals surface area (Å²) in [6, 6.07) is 0. The molecule has 0 saturated heterocycles. The topological polar surface area (TPSA) is 0 Å². The largest absolute Gasteiger partial charge is 0.250 e. The van der Waals surface area contributed by atoms with E-state index in [1.165, 1.54) is 0 Å². The quantitative estimate of drug-likeness (QED) is 0.553. The van der Waals surface area contributed by atoms with Crippen LogP contribution < -0.4 is 0 Å². The number of alkyl halides is 2. The number of hydrogen-bond acceptors (Lipinski definition) is 0. The van der Waals surface area contributed by atoms with Crippen molar-refractivity contribution in [3.8, 4) is 0 Å². The van der Waals surface area contributed by atoms with Crippen molar-refractivity contribution in [2.75, 3.05) is 0 Å². The molecule has 0 spiro atoms. The van der Waals surface area contributed by atoms with E-state index < -0.39 is 5.92 Å². The first kappa shape index (κ1) is 8.95. The summed E-state index contributed by atoms with van der Waals surface area (Å²) in [5.41, 5.74) is 0.0501. The molecular formula is C9H16F2. The van der Waals surface area contributed by atoms with Gasteiger partial charge in [0.2, 0.25) is 0 Å². The fourth-order valence-corrected chi connectivity index (χ4v) is 1.56. The molecule has 1 aliphatic rings. The summed E-state index contributed by atoms with van der Waals surface area (Å²) >= 11 is 0. The Labute approximate surface area is 67.0 Å². The van der Waals surface area contributed by atoms with Gasteiger partial charge in [0, 0.05) is 12.3 Å². The summed E-state index contributed by atoms with van der Waals surface area (Å²) < 4.78 is 25.5. The summed E-state index contributed by atoms with van der Waals surface area (Å²) in [4.78, 5) is 0. The predicted octanol–water partition coefficient (Wildman–Crippen LogP) is 3.47. The third kappa shape index (κ3) is 2.14. The van der Waals surface area contributed by atoms with E-state index in [1.54, 1.807) is 0 Å². The molecule has 0 amide bonds. The summed E-state index contributed by atoms with van der Waals surface area (Å²) in [5, 5.41) is 0. The maximum Gasteiger partial charge on any atom is 0.250 e. The normalized spacial score (nSPS) is 29.7. The average molecular weight is 162 g/mol. The SMILES string of the molecule is CC(C)(C)CC1CCC1(F)F. The van der Waals surface area contributed by atoms with Crippen molar-refractivity contribution >= 4 is 0 Å². The lowest BCUT2D eigenvalue weighted by Crippen LogP contribution is -2.40. The molecule has 0 bridgehead atoms. The number of hydrogen-bond donors (Lipinski definition) is 0. The van der Waals surface area contributed by atoms with Gasteiger partial charge in [0.25, 0.3) is 5.92 Å². The molecule has 1 aliphatic carbocycles. The minimum absolute atomic E-state index is 0.0501. The predicted molar refractivity (Wildman–Crippen MR) is 41.7 cm³/mol. The maximum atomic E-state index is 12.7. The van der Waals surface area contributed by atoms with Gasteiger partial charge < -0.3 is 0 Å². The Morgan fingerprint density at radius 3 is 2.00 bits per heavy atom. The highest BCUT2D eigenvalue weighted by molar-refractivity contribution is 4.90. The van der Waals surface area contributed by atoms with Gasteiger partial charge >= 0.3 is 0 Å². The first-order chi connectivity index (χ1) is 4.81. The van der Waals surface area contributed by atoms with Crippen molar-refractivity contribution in [1.82, 2.24) is 0 Å². The first-order valence-electron chi connectivity index (χ1n) is 4.19. The van der Waals surface area contributed by atoms with Gasteiger partial charge in [0.15, 0.2) is 0 Å². The zero-order valence-electron chi connectivity index (χ0n) is 7.45. The van der Waals surface area contributed by atoms with Crippen LogP contribution >= 0.6 is 0 Å². The molecule has 1 atom stereocenters. The van der Waals surface area contributed by atoms with Crippen molar-refractivity contribution in [3.05, 3.63) is 0 Å². The van der Waals surface area contributed by atoms with Crippen LogP contribution in [0, 0.1) is 11.3 Å². The van der Waals surface area contributed by atoms with Gasteiger partial charge in [-0.15, -0.1) is 0 Å². The van der Waals surface area contributed by atoms with Gasteiger partial charge in [-0.3, -0.25) is 0 Å². The smallest absolute Gasteiger partial charge is 0.207 e. The second-order valence-electron chi connectivity index (χ2n) is 4.76. The van der Waals surface area contributed by atoms with Crippen molar-refractivity contribution in [3.63, 3.8) is 0 Å². The van der Waals surface area contributed by atoms with Gasteiger partial charge in [-0.25, -0.2) is 8.78 Å². The molecule has 0 heterocycles. The van der Waals surface area contributed by atoms with Gasteiger partial charge in [0.05, 0.1) is 0 Å². The molecule has 0 N–H and O–H groups in total. The van der Waals surface area contributed by atoms with Crippen LogP contribution in [0.2, 0.25) is 0 Å². The Kier molecular flexibility index (Phi) is 1.97. The highest BCUT2D eigenvalue weighted by atomic mass is 19.3. The molecule has 1 saturated carbocycles. The number of halogens is 2. The van der Waals surface area contributed by atoms with Crippen LogP contribution in [0.25, 0.3) is 0 Å². The monoisotopic (exact) mass is 162 g/mol. The van der Waals surface area contributed by atoms with E-state index in [9.17, 15) is 8.78 Å². The lowest BCUT2D eigenvalue weighted by molar-refractivity contribution is -0.143. The van der Waals surface area contributed by atoms with Gasteiger partial charge in [-0.05, 0) is 18.3 Å².